The Labute approximate surface area is 87.5 Å². The Balaban J connectivity index is 2.85. The summed E-state index contributed by atoms with van der Waals surface area (Å²) in [7, 11) is 0. The Hall–Kier alpha value is -1.42. The third kappa shape index (κ3) is 3.32. The van der Waals surface area contributed by atoms with Gasteiger partial charge in [-0.05, 0) is 26.0 Å². The molecule has 0 aromatic heterocycles. The van der Waals surface area contributed by atoms with E-state index in [0.717, 1.165) is 6.07 Å². The van der Waals surface area contributed by atoms with Crippen molar-refractivity contribution in [3.05, 3.63) is 29.6 Å². The molecule has 0 fully saturated rings. The van der Waals surface area contributed by atoms with Crippen LogP contribution >= 0.6 is 0 Å². The highest BCUT2D eigenvalue weighted by atomic mass is 19.1. The van der Waals surface area contributed by atoms with Crippen molar-refractivity contribution in [2.75, 3.05) is 0 Å². The van der Waals surface area contributed by atoms with Crippen molar-refractivity contribution in [1.29, 1.82) is 0 Å². The second-order valence-corrected chi connectivity index (χ2v) is 3.40. The number of aliphatic hydroxyl groups excluding tert-OH is 1. The van der Waals surface area contributed by atoms with Crippen LogP contribution in [0.25, 0.3) is 0 Å². The number of carbonyl (C=O) groups excluding carboxylic acids is 1. The predicted octanol–water partition coefficient (Wildman–Crippen LogP) is 1.79. The standard InChI is InChI=1S/C11H13FO3/c1-7(14)8(2)15-11-4-9(6-13)3-10(12)5-11/h3-8,14H,1-2H3. The molecule has 0 aliphatic rings. The van der Waals surface area contributed by atoms with E-state index in [0.29, 0.717) is 6.29 Å². The molecule has 15 heavy (non-hydrogen) atoms. The Morgan fingerprint density at radius 3 is 2.60 bits per heavy atom. The van der Waals surface area contributed by atoms with Crippen LogP contribution < -0.4 is 4.74 Å². The second-order valence-electron chi connectivity index (χ2n) is 3.40. The molecule has 3 nitrogen and oxygen atoms in total. The van der Waals surface area contributed by atoms with Crippen LogP contribution in [0.5, 0.6) is 5.75 Å². The quantitative estimate of drug-likeness (QED) is 0.774. The summed E-state index contributed by atoms with van der Waals surface area (Å²) in [6, 6.07) is 3.72. The van der Waals surface area contributed by atoms with Crippen LogP contribution in [0, 0.1) is 5.82 Å². The summed E-state index contributed by atoms with van der Waals surface area (Å²) in [6.45, 7) is 3.24. The number of hydrogen-bond acceptors (Lipinski definition) is 3. The van der Waals surface area contributed by atoms with Crippen molar-refractivity contribution in [3.8, 4) is 5.75 Å². The summed E-state index contributed by atoms with van der Waals surface area (Å²) in [4.78, 5) is 10.5. The number of hydrogen-bond donors (Lipinski definition) is 1. The fourth-order valence-corrected chi connectivity index (χ4v) is 1.03. The molecule has 82 valence electrons. The second kappa shape index (κ2) is 4.89. The fraction of sp³-hybridized carbons (Fsp3) is 0.364. The molecular formula is C11H13FO3. The molecule has 0 spiro atoms. The van der Waals surface area contributed by atoms with Crippen LogP contribution in [0.2, 0.25) is 0 Å². The van der Waals surface area contributed by atoms with Crippen molar-refractivity contribution < 1.29 is 19.0 Å². The first-order chi connectivity index (χ1) is 7.02. The van der Waals surface area contributed by atoms with Gasteiger partial charge in [0.15, 0.2) is 0 Å². The number of aliphatic hydroxyl groups is 1. The molecule has 0 bridgehead atoms. The zero-order valence-electron chi connectivity index (χ0n) is 8.61. The number of carbonyl (C=O) groups is 1. The maximum absolute atomic E-state index is 13.0. The molecule has 0 radical (unpaired) electrons. The van der Waals surface area contributed by atoms with E-state index in [-0.39, 0.29) is 11.3 Å². The number of halogens is 1. The highest BCUT2D eigenvalue weighted by Crippen LogP contribution is 2.17. The number of rotatable bonds is 4. The molecule has 0 heterocycles. The summed E-state index contributed by atoms with van der Waals surface area (Å²) in [5.74, 6) is -0.294. The summed E-state index contributed by atoms with van der Waals surface area (Å²) in [6.07, 6.45) is -0.567. The molecule has 1 rings (SSSR count). The van der Waals surface area contributed by atoms with Gasteiger partial charge in [-0.1, -0.05) is 0 Å². The van der Waals surface area contributed by atoms with Gasteiger partial charge in [-0.3, -0.25) is 4.79 Å². The molecule has 4 heteroatoms. The molecular weight excluding hydrogens is 199 g/mol. The van der Waals surface area contributed by atoms with E-state index in [2.05, 4.69) is 0 Å². The van der Waals surface area contributed by atoms with Gasteiger partial charge in [-0.25, -0.2) is 4.39 Å². The highest BCUT2D eigenvalue weighted by molar-refractivity contribution is 5.75. The minimum Gasteiger partial charge on any atom is -0.488 e. The fourth-order valence-electron chi connectivity index (χ4n) is 1.03. The van der Waals surface area contributed by atoms with Crippen LogP contribution in [0.15, 0.2) is 18.2 Å². The monoisotopic (exact) mass is 212 g/mol. The number of ether oxygens (including phenoxy) is 1. The van der Waals surface area contributed by atoms with E-state index < -0.39 is 18.0 Å². The van der Waals surface area contributed by atoms with Crippen molar-refractivity contribution in [1.82, 2.24) is 0 Å². The van der Waals surface area contributed by atoms with Crippen LogP contribution in [0.4, 0.5) is 4.39 Å². The molecule has 2 unspecified atom stereocenters. The van der Waals surface area contributed by atoms with Crippen LogP contribution in [0.3, 0.4) is 0 Å². The molecule has 2 atom stereocenters. The molecule has 0 aliphatic carbocycles. The lowest BCUT2D eigenvalue weighted by Gasteiger charge is -2.17. The average molecular weight is 212 g/mol. The highest BCUT2D eigenvalue weighted by Gasteiger charge is 2.11. The number of benzene rings is 1. The van der Waals surface area contributed by atoms with E-state index in [4.69, 9.17) is 4.74 Å². The SMILES string of the molecule is CC(O)C(C)Oc1cc(F)cc(C=O)c1. The Morgan fingerprint density at radius 1 is 1.40 bits per heavy atom. The normalized spacial score (nSPS) is 14.4. The lowest BCUT2D eigenvalue weighted by atomic mass is 10.2. The van der Waals surface area contributed by atoms with Gasteiger partial charge in [0, 0.05) is 11.6 Å². The first kappa shape index (κ1) is 11.7. The third-order valence-corrected chi connectivity index (χ3v) is 2.03. The average Bonchev–Trinajstić information content (AvgIpc) is 2.16. The van der Waals surface area contributed by atoms with Gasteiger partial charge < -0.3 is 9.84 Å². The van der Waals surface area contributed by atoms with Gasteiger partial charge in [0.2, 0.25) is 0 Å². The van der Waals surface area contributed by atoms with E-state index in [1.165, 1.54) is 12.1 Å². The van der Waals surface area contributed by atoms with Gasteiger partial charge in [-0.2, -0.15) is 0 Å². The predicted molar refractivity (Wildman–Crippen MR) is 53.6 cm³/mol. The minimum atomic E-state index is -0.659. The van der Waals surface area contributed by atoms with Crippen LogP contribution in [-0.4, -0.2) is 23.6 Å². The number of aldehydes is 1. The Morgan fingerprint density at radius 2 is 2.07 bits per heavy atom. The maximum Gasteiger partial charge on any atom is 0.150 e. The molecule has 1 N–H and O–H groups in total. The lowest BCUT2D eigenvalue weighted by Crippen LogP contribution is -2.25. The van der Waals surface area contributed by atoms with Crippen LogP contribution in [0.1, 0.15) is 24.2 Å². The van der Waals surface area contributed by atoms with Crippen molar-refractivity contribution in [3.63, 3.8) is 0 Å². The minimum absolute atomic E-state index is 0.211. The summed E-state index contributed by atoms with van der Waals surface area (Å²) in [5, 5.41) is 9.19. The maximum atomic E-state index is 13.0. The zero-order chi connectivity index (χ0) is 11.4. The smallest absolute Gasteiger partial charge is 0.150 e. The van der Waals surface area contributed by atoms with Gasteiger partial charge in [0.05, 0.1) is 6.10 Å². The molecule has 1 aromatic carbocycles. The molecule has 1 aromatic rings. The molecule has 0 amide bonds. The molecule has 0 saturated carbocycles. The van der Waals surface area contributed by atoms with Crippen molar-refractivity contribution in [2.45, 2.75) is 26.1 Å². The van der Waals surface area contributed by atoms with Crippen LogP contribution in [-0.2, 0) is 0 Å². The Kier molecular flexibility index (Phi) is 3.80. The first-order valence-electron chi connectivity index (χ1n) is 4.63. The first-order valence-corrected chi connectivity index (χ1v) is 4.63. The molecule has 0 aliphatic heterocycles. The van der Waals surface area contributed by atoms with E-state index in [1.54, 1.807) is 13.8 Å². The van der Waals surface area contributed by atoms with E-state index in [9.17, 15) is 14.3 Å². The largest absolute Gasteiger partial charge is 0.488 e. The third-order valence-electron chi connectivity index (χ3n) is 2.03. The summed E-state index contributed by atoms with van der Waals surface area (Å²) in [5.41, 5.74) is 0.211. The van der Waals surface area contributed by atoms with E-state index in [1.807, 2.05) is 0 Å². The molecule has 0 saturated heterocycles. The summed E-state index contributed by atoms with van der Waals surface area (Å²) < 4.78 is 18.2. The van der Waals surface area contributed by atoms with Gasteiger partial charge >= 0.3 is 0 Å². The van der Waals surface area contributed by atoms with E-state index >= 15 is 0 Å². The van der Waals surface area contributed by atoms with Gasteiger partial charge in [-0.15, -0.1) is 0 Å². The zero-order valence-corrected chi connectivity index (χ0v) is 8.61. The van der Waals surface area contributed by atoms with Gasteiger partial charge in [0.1, 0.15) is 24.0 Å². The van der Waals surface area contributed by atoms with Gasteiger partial charge in [0.25, 0.3) is 0 Å². The Bertz CT molecular complexity index is 350. The lowest BCUT2D eigenvalue weighted by molar-refractivity contribution is 0.0602. The van der Waals surface area contributed by atoms with Crippen molar-refractivity contribution in [2.24, 2.45) is 0 Å². The van der Waals surface area contributed by atoms with Crippen molar-refractivity contribution >= 4 is 6.29 Å². The topological polar surface area (TPSA) is 46.5 Å². The summed E-state index contributed by atoms with van der Waals surface area (Å²) >= 11 is 0.